The zero-order valence-corrected chi connectivity index (χ0v) is 28.2. The van der Waals surface area contributed by atoms with Gasteiger partial charge in [0.1, 0.15) is 30.5 Å². The van der Waals surface area contributed by atoms with Gasteiger partial charge in [-0.3, -0.25) is 4.79 Å². The molecule has 3 aromatic carbocycles. The van der Waals surface area contributed by atoms with Crippen molar-refractivity contribution in [3.63, 3.8) is 0 Å². The molecule has 258 valence electrons. The van der Waals surface area contributed by atoms with E-state index in [1.165, 1.54) is 7.11 Å². The second-order valence-corrected chi connectivity index (χ2v) is 11.7. The van der Waals surface area contributed by atoms with Gasteiger partial charge < -0.3 is 28.4 Å². The SMILES string of the molecule is C=C(C)C(=O)OCCOc1ccc(C(=O)Oc2ccc3c(c2)C(C)c2cc(OCCCCCCOC(=O)C(=C)CC(=O)OC)ccc2-3)cc1. The van der Waals surface area contributed by atoms with Crippen LogP contribution in [0.3, 0.4) is 0 Å². The number of esters is 4. The van der Waals surface area contributed by atoms with Crippen molar-refractivity contribution in [1.82, 2.24) is 0 Å². The smallest absolute Gasteiger partial charge is 0.343 e. The molecular formula is C39H42O10. The van der Waals surface area contributed by atoms with E-state index < -0.39 is 23.9 Å². The molecule has 49 heavy (non-hydrogen) atoms. The van der Waals surface area contributed by atoms with E-state index in [4.69, 9.17) is 23.7 Å². The highest BCUT2D eigenvalue weighted by molar-refractivity contribution is 5.93. The molecule has 0 bridgehead atoms. The predicted molar refractivity (Wildman–Crippen MR) is 183 cm³/mol. The van der Waals surface area contributed by atoms with E-state index in [0.29, 0.717) is 35.7 Å². The number of carbonyl (C=O) groups is 4. The van der Waals surface area contributed by atoms with Gasteiger partial charge in [0.2, 0.25) is 0 Å². The van der Waals surface area contributed by atoms with E-state index in [0.717, 1.165) is 47.3 Å². The average Bonchev–Trinajstić information content (AvgIpc) is 3.37. The molecule has 0 aromatic heterocycles. The molecule has 10 heteroatoms. The molecule has 0 saturated heterocycles. The van der Waals surface area contributed by atoms with Crippen molar-refractivity contribution in [2.75, 3.05) is 33.5 Å². The number of ether oxygens (including phenoxy) is 6. The summed E-state index contributed by atoms with van der Waals surface area (Å²) >= 11 is 0. The highest BCUT2D eigenvalue weighted by atomic mass is 16.6. The summed E-state index contributed by atoms with van der Waals surface area (Å²) in [5.41, 5.74) is 5.23. The lowest BCUT2D eigenvalue weighted by atomic mass is 9.99. The highest BCUT2D eigenvalue weighted by Gasteiger charge is 2.27. The largest absolute Gasteiger partial charge is 0.494 e. The van der Waals surface area contributed by atoms with Crippen molar-refractivity contribution >= 4 is 23.9 Å². The van der Waals surface area contributed by atoms with Gasteiger partial charge in [-0.15, -0.1) is 0 Å². The van der Waals surface area contributed by atoms with E-state index in [1.54, 1.807) is 37.3 Å². The molecule has 1 atom stereocenters. The maximum Gasteiger partial charge on any atom is 0.343 e. The molecule has 0 spiro atoms. The summed E-state index contributed by atoms with van der Waals surface area (Å²) in [4.78, 5) is 47.4. The maximum absolute atomic E-state index is 12.9. The number of unbranched alkanes of at least 4 members (excludes halogenated alkanes) is 3. The fraction of sp³-hybridized carbons (Fsp3) is 0.333. The van der Waals surface area contributed by atoms with Crippen LogP contribution in [0, 0.1) is 0 Å². The van der Waals surface area contributed by atoms with E-state index in [-0.39, 0.29) is 37.7 Å². The van der Waals surface area contributed by atoms with Gasteiger partial charge in [0.05, 0.1) is 32.3 Å². The third-order valence-electron chi connectivity index (χ3n) is 7.92. The van der Waals surface area contributed by atoms with E-state index in [9.17, 15) is 19.2 Å². The molecular weight excluding hydrogens is 628 g/mol. The van der Waals surface area contributed by atoms with Gasteiger partial charge in [0, 0.05) is 17.1 Å². The Bertz CT molecular complexity index is 1690. The molecule has 10 nitrogen and oxygen atoms in total. The second-order valence-electron chi connectivity index (χ2n) is 11.7. The van der Waals surface area contributed by atoms with Gasteiger partial charge in [-0.2, -0.15) is 0 Å². The zero-order valence-electron chi connectivity index (χ0n) is 28.2. The van der Waals surface area contributed by atoms with E-state index >= 15 is 0 Å². The Morgan fingerprint density at radius 3 is 1.90 bits per heavy atom. The van der Waals surface area contributed by atoms with Gasteiger partial charge in [-0.25, -0.2) is 14.4 Å². The minimum absolute atomic E-state index is 0.0835. The van der Waals surface area contributed by atoms with Crippen molar-refractivity contribution in [2.24, 2.45) is 0 Å². The maximum atomic E-state index is 12.9. The summed E-state index contributed by atoms with van der Waals surface area (Å²) in [5, 5.41) is 0. The van der Waals surface area contributed by atoms with Crippen LogP contribution >= 0.6 is 0 Å². The molecule has 0 radical (unpaired) electrons. The van der Waals surface area contributed by atoms with Gasteiger partial charge in [-0.1, -0.05) is 32.2 Å². The molecule has 0 N–H and O–H groups in total. The molecule has 0 fully saturated rings. The summed E-state index contributed by atoms with van der Waals surface area (Å²) in [6.07, 6.45) is 3.18. The van der Waals surface area contributed by atoms with Crippen LogP contribution in [-0.2, 0) is 28.6 Å². The highest BCUT2D eigenvalue weighted by Crippen LogP contribution is 2.47. The predicted octanol–water partition coefficient (Wildman–Crippen LogP) is 7.14. The van der Waals surface area contributed by atoms with Crippen molar-refractivity contribution in [3.8, 4) is 28.4 Å². The minimum atomic E-state index is -0.577. The Hall–Kier alpha value is -5.38. The third-order valence-corrected chi connectivity index (χ3v) is 7.92. The first-order chi connectivity index (χ1) is 23.6. The lowest BCUT2D eigenvalue weighted by Gasteiger charge is -2.11. The molecule has 0 amide bonds. The van der Waals surface area contributed by atoms with Crippen LogP contribution in [0.25, 0.3) is 11.1 Å². The standard InChI is InChI=1S/C39H42O10/c1-25(2)37(41)48-21-20-46-29-12-10-28(11-13-29)39(43)49-31-15-17-33-32-16-14-30(23-34(32)27(4)35(33)24-31)45-18-8-6-7-9-19-47-38(42)26(3)22-36(40)44-5/h10-17,23-24,27H,1,3,6-9,18-22H2,2,4-5H3. The van der Waals surface area contributed by atoms with Crippen LogP contribution in [0.2, 0.25) is 0 Å². The summed E-state index contributed by atoms with van der Waals surface area (Å²) in [6, 6.07) is 18.4. The first-order valence-corrected chi connectivity index (χ1v) is 16.2. The Kier molecular flexibility index (Phi) is 13.2. The molecule has 0 heterocycles. The van der Waals surface area contributed by atoms with Gasteiger partial charge >= 0.3 is 23.9 Å². The van der Waals surface area contributed by atoms with Crippen molar-refractivity contribution in [3.05, 3.63) is 102 Å². The molecule has 4 rings (SSSR count). The molecule has 1 aliphatic carbocycles. The molecule has 3 aromatic rings. The minimum Gasteiger partial charge on any atom is -0.494 e. The number of hydrogen-bond donors (Lipinski definition) is 0. The second kappa shape index (κ2) is 17.7. The number of fused-ring (bicyclic) bond motifs is 3. The Labute approximate surface area is 286 Å². The summed E-state index contributed by atoms with van der Waals surface area (Å²) < 4.78 is 32.0. The Morgan fingerprint density at radius 2 is 1.24 bits per heavy atom. The third kappa shape index (κ3) is 10.3. The van der Waals surface area contributed by atoms with Crippen LogP contribution in [0.4, 0.5) is 0 Å². The number of benzene rings is 3. The zero-order chi connectivity index (χ0) is 35.3. The van der Waals surface area contributed by atoms with Gasteiger partial charge in [0.15, 0.2) is 0 Å². The lowest BCUT2D eigenvalue weighted by Crippen LogP contribution is -2.12. The van der Waals surface area contributed by atoms with Crippen LogP contribution < -0.4 is 14.2 Å². The summed E-state index contributed by atoms with van der Waals surface area (Å²) in [6.45, 7) is 11.9. The quantitative estimate of drug-likeness (QED) is 0.0454. The first kappa shape index (κ1) is 36.5. The van der Waals surface area contributed by atoms with Crippen LogP contribution in [0.5, 0.6) is 17.2 Å². The van der Waals surface area contributed by atoms with Crippen molar-refractivity contribution in [1.29, 1.82) is 0 Å². The molecule has 0 saturated carbocycles. The van der Waals surface area contributed by atoms with Crippen LogP contribution in [-0.4, -0.2) is 57.4 Å². The average molecular weight is 671 g/mol. The molecule has 1 aliphatic rings. The monoisotopic (exact) mass is 670 g/mol. The van der Waals surface area contributed by atoms with Gasteiger partial charge in [0.25, 0.3) is 0 Å². The van der Waals surface area contributed by atoms with E-state index in [1.807, 2.05) is 18.2 Å². The first-order valence-electron chi connectivity index (χ1n) is 16.2. The summed E-state index contributed by atoms with van der Waals surface area (Å²) in [7, 11) is 1.26. The topological polar surface area (TPSA) is 124 Å². The number of rotatable bonds is 18. The fourth-order valence-corrected chi connectivity index (χ4v) is 5.21. The lowest BCUT2D eigenvalue weighted by molar-refractivity contribution is -0.144. The van der Waals surface area contributed by atoms with E-state index in [2.05, 4.69) is 37.0 Å². The van der Waals surface area contributed by atoms with Crippen molar-refractivity contribution in [2.45, 2.75) is 51.9 Å². The van der Waals surface area contributed by atoms with Crippen LogP contribution in [0.15, 0.2) is 85.0 Å². The van der Waals surface area contributed by atoms with Gasteiger partial charge in [-0.05, 0) is 103 Å². The molecule has 1 unspecified atom stereocenters. The molecule has 0 aliphatic heterocycles. The number of methoxy groups -OCH3 is 1. The van der Waals surface area contributed by atoms with Crippen molar-refractivity contribution < 1.29 is 47.6 Å². The Balaban J connectivity index is 1.20. The summed E-state index contributed by atoms with van der Waals surface area (Å²) in [5.74, 6) is -0.177. The van der Waals surface area contributed by atoms with Crippen LogP contribution in [0.1, 0.15) is 73.4 Å². The number of hydrogen-bond acceptors (Lipinski definition) is 10. The fourth-order valence-electron chi connectivity index (χ4n) is 5.21. The number of carbonyl (C=O) groups excluding carboxylic acids is 4. The Morgan fingerprint density at radius 1 is 0.673 bits per heavy atom. The normalized spacial score (nSPS) is 12.6.